The minimum atomic E-state index is -3.84. The van der Waals surface area contributed by atoms with Crippen LogP contribution in [0.1, 0.15) is 42.7 Å². The molecule has 2 N–H and O–H groups in total. The number of allylic oxidation sites excluding steroid dienone is 2. The van der Waals surface area contributed by atoms with Crippen molar-refractivity contribution in [1.29, 1.82) is 0 Å². The Morgan fingerprint density at radius 3 is 2.25 bits per heavy atom. The summed E-state index contributed by atoms with van der Waals surface area (Å²) < 4.78 is 29.1. The molecule has 1 unspecified atom stereocenters. The number of Topliss-reactive ketones (excluding diaryl/α,β-unsaturated/α-hetero) is 1. The maximum atomic E-state index is 13.4. The molecule has 3 aromatic carbocycles. The first kappa shape index (κ1) is 24.0. The second-order valence-electron chi connectivity index (χ2n) is 9.01. The number of ether oxygens (including phenoxy) is 1. The van der Waals surface area contributed by atoms with Crippen LogP contribution in [0.15, 0.2) is 95.0 Å². The van der Waals surface area contributed by atoms with Gasteiger partial charge in [0, 0.05) is 35.7 Å². The van der Waals surface area contributed by atoms with E-state index in [2.05, 4.69) is 0 Å². The molecule has 0 fully saturated rings. The van der Waals surface area contributed by atoms with E-state index in [1.165, 1.54) is 12.1 Å². The summed E-state index contributed by atoms with van der Waals surface area (Å²) in [5.74, 6) is 0.291. The number of hydrogen-bond acceptors (Lipinski definition) is 5. The molecule has 184 valence electrons. The third-order valence-electron chi connectivity index (χ3n) is 6.63. The highest BCUT2D eigenvalue weighted by molar-refractivity contribution is 7.89. The van der Waals surface area contributed by atoms with Crippen LogP contribution in [0.2, 0.25) is 0 Å². The van der Waals surface area contributed by atoms with Crippen LogP contribution in [0.4, 0.5) is 5.69 Å². The van der Waals surface area contributed by atoms with Gasteiger partial charge in [-0.3, -0.25) is 14.5 Å². The van der Waals surface area contributed by atoms with E-state index in [0.717, 1.165) is 11.1 Å². The van der Waals surface area contributed by atoms with Crippen LogP contribution in [0, 0.1) is 0 Å². The number of benzene rings is 3. The predicted octanol–water partition coefficient (Wildman–Crippen LogP) is 4.44. The van der Waals surface area contributed by atoms with Gasteiger partial charge in [-0.1, -0.05) is 42.5 Å². The van der Waals surface area contributed by atoms with Gasteiger partial charge in [-0.05, 0) is 60.4 Å². The van der Waals surface area contributed by atoms with Crippen LogP contribution >= 0.6 is 0 Å². The normalized spacial score (nSPS) is 18.2. The standard InChI is InChI=1S/C28H26N2O5S/c29-36(33,34)23-15-11-21(12-16-23)30-25-7-4-8-26(31)28(25)24(17-27(30)32)20-9-13-22(14-10-20)35-18-19-5-2-1-3-6-19/h1-3,5-6,9-16,24H,4,7-8,17-18H2,(H2,29,33,34). The topological polar surface area (TPSA) is 107 Å². The summed E-state index contributed by atoms with van der Waals surface area (Å²) in [6, 6.07) is 23.3. The Labute approximate surface area is 210 Å². The molecule has 2 aliphatic rings. The predicted molar refractivity (Wildman–Crippen MR) is 136 cm³/mol. The fourth-order valence-corrected chi connectivity index (χ4v) is 5.41. The summed E-state index contributed by atoms with van der Waals surface area (Å²) in [6.07, 6.45) is 1.85. The molecule has 0 saturated heterocycles. The number of anilines is 1. The number of ketones is 1. The highest BCUT2D eigenvalue weighted by Crippen LogP contribution is 2.43. The van der Waals surface area contributed by atoms with Crippen LogP contribution in [-0.2, 0) is 26.2 Å². The highest BCUT2D eigenvalue weighted by Gasteiger charge is 2.39. The molecule has 1 aliphatic carbocycles. The first-order chi connectivity index (χ1) is 17.3. The van der Waals surface area contributed by atoms with E-state index in [-0.39, 0.29) is 28.9 Å². The zero-order valence-corrected chi connectivity index (χ0v) is 20.4. The summed E-state index contributed by atoms with van der Waals surface area (Å²) in [4.78, 5) is 28.0. The lowest BCUT2D eigenvalue weighted by Gasteiger charge is -2.38. The summed E-state index contributed by atoms with van der Waals surface area (Å²) in [6.45, 7) is 0.453. The third-order valence-corrected chi connectivity index (χ3v) is 7.56. The van der Waals surface area contributed by atoms with Gasteiger partial charge < -0.3 is 4.74 Å². The fourth-order valence-electron chi connectivity index (χ4n) is 4.90. The molecule has 0 radical (unpaired) electrons. The summed E-state index contributed by atoms with van der Waals surface area (Å²) >= 11 is 0. The lowest BCUT2D eigenvalue weighted by molar-refractivity contribution is -0.119. The Morgan fingerprint density at radius 2 is 1.58 bits per heavy atom. The third kappa shape index (κ3) is 4.82. The molecular weight excluding hydrogens is 476 g/mol. The van der Waals surface area contributed by atoms with Crippen molar-refractivity contribution in [3.63, 3.8) is 0 Å². The van der Waals surface area contributed by atoms with Crippen LogP contribution < -0.4 is 14.8 Å². The van der Waals surface area contributed by atoms with E-state index in [1.54, 1.807) is 17.0 Å². The molecule has 1 atom stereocenters. The molecule has 1 amide bonds. The zero-order chi connectivity index (χ0) is 25.3. The zero-order valence-electron chi connectivity index (χ0n) is 19.6. The molecule has 3 aromatic rings. The number of rotatable bonds is 6. The number of carbonyl (C=O) groups is 2. The van der Waals surface area contributed by atoms with Gasteiger partial charge in [0.2, 0.25) is 15.9 Å². The van der Waals surface area contributed by atoms with Crippen molar-refractivity contribution < 1.29 is 22.7 Å². The van der Waals surface area contributed by atoms with Crippen molar-refractivity contribution in [1.82, 2.24) is 0 Å². The summed E-state index contributed by atoms with van der Waals surface area (Å²) in [7, 11) is -3.84. The Kier molecular flexibility index (Phi) is 6.47. The van der Waals surface area contributed by atoms with Gasteiger partial charge in [0.05, 0.1) is 4.90 Å². The minimum Gasteiger partial charge on any atom is -0.489 e. The molecule has 8 heteroatoms. The number of sulfonamides is 1. The first-order valence-electron chi connectivity index (χ1n) is 11.8. The number of nitrogens with zero attached hydrogens (tertiary/aromatic N) is 1. The van der Waals surface area contributed by atoms with E-state index >= 15 is 0 Å². The Balaban J connectivity index is 1.43. The molecule has 0 bridgehead atoms. The smallest absolute Gasteiger partial charge is 0.238 e. The summed E-state index contributed by atoms with van der Waals surface area (Å²) in [5.41, 5.74) is 3.84. The molecule has 1 aliphatic heterocycles. The molecule has 0 aromatic heterocycles. The largest absolute Gasteiger partial charge is 0.489 e. The van der Waals surface area contributed by atoms with Gasteiger partial charge in [-0.2, -0.15) is 0 Å². The van der Waals surface area contributed by atoms with E-state index in [1.807, 2.05) is 54.6 Å². The van der Waals surface area contributed by atoms with E-state index < -0.39 is 10.0 Å². The van der Waals surface area contributed by atoms with Crippen molar-refractivity contribution >= 4 is 27.4 Å². The Hall–Kier alpha value is -3.75. The van der Waals surface area contributed by atoms with E-state index in [4.69, 9.17) is 9.88 Å². The number of hydrogen-bond donors (Lipinski definition) is 1. The maximum Gasteiger partial charge on any atom is 0.238 e. The van der Waals surface area contributed by atoms with Crippen LogP contribution in [0.25, 0.3) is 0 Å². The van der Waals surface area contributed by atoms with Crippen LogP contribution in [-0.4, -0.2) is 20.1 Å². The second-order valence-corrected chi connectivity index (χ2v) is 10.6. The first-order valence-corrected chi connectivity index (χ1v) is 13.3. The minimum absolute atomic E-state index is 0.0305. The molecule has 5 rings (SSSR count). The summed E-state index contributed by atoms with van der Waals surface area (Å²) in [5, 5.41) is 5.21. The van der Waals surface area contributed by atoms with Gasteiger partial charge in [-0.15, -0.1) is 0 Å². The Bertz CT molecular complexity index is 1430. The molecule has 0 spiro atoms. The average Bonchev–Trinajstić information content (AvgIpc) is 2.88. The molecule has 1 heterocycles. The van der Waals surface area contributed by atoms with Crippen LogP contribution in [0.5, 0.6) is 5.75 Å². The molecule has 0 saturated carbocycles. The maximum absolute atomic E-state index is 13.4. The molecule has 36 heavy (non-hydrogen) atoms. The van der Waals surface area contributed by atoms with E-state index in [0.29, 0.717) is 48.6 Å². The number of primary sulfonamides is 1. The number of amides is 1. The lowest BCUT2D eigenvalue weighted by Crippen LogP contribution is -2.40. The van der Waals surface area contributed by atoms with Crippen molar-refractivity contribution in [2.24, 2.45) is 5.14 Å². The second kappa shape index (κ2) is 9.72. The average molecular weight is 503 g/mol. The van der Waals surface area contributed by atoms with Crippen molar-refractivity contribution in [3.8, 4) is 5.75 Å². The SMILES string of the molecule is NS(=O)(=O)c1ccc(N2C(=O)CC(c3ccc(OCc4ccccc4)cc3)C3=C2CCCC3=O)cc1. The van der Waals surface area contributed by atoms with E-state index in [9.17, 15) is 18.0 Å². The number of carbonyl (C=O) groups excluding carboxylic acids is 2. The monoisotopic (exact) mass is 502 g/mol. The van der Waals surface area contributed by atoms with Crippen molar-refractivity contribution in [3.05, 3.63) is 101 Å². The molecular formula is C28H26N2O5S. The highest BCUT2D eigenvalue weighted by atomic mass is 32.2. The fraction of sp³-hybridized carbons (Fsp3) is 0.214. The van der Waals surface area contributed by atoms with Gasteiger partial charge in [0.1, 0.15) is 12.4 Å². The van der Waals surface area contributed by atoms with Crippen LogP contribution in [0.3, 0.4) is 0 Å². The van der Waals surface area contributed by atoms with Crippen molar-refractivity contribution in [2.75, 3.05) is 4.90 Å². The molecule has 7 nitrogen and oxygen atoms in total. The van der Waals surface area contributed by atoms with Gasteiger partial charge >= 0.3 is 0 Å². The quantitative estimate of drug-likeness (QED) is 0.536. The Morgan fingerprint density at radius 1 is 0.889 bits per heavy atom. The number of nitrogens with two attached hydrogens (primary N) is 1. The van der Waals surface area contributed by atoms with Gasteiger partial charge in [0.25, 0.3) is 0 Å². The van der Waals surface area contributed by atoms with Gasteiger partial charge in [0.15, 0.2) is 5.78 Å². The lowest BCUT2D eigenvalue weighted by atomic mass is 9.77. The van der Waals surface area contributed by atoms with Gasteiger partial charge in [-0.25, -0.2) is 13.6 Å². The van der Waals surface area contributed by atoms with Crippen molar-refractivity contribution in [2.45, 2.75) is 43.1 Å².